The molecule has 0 saturated heterocycles. The molecule has 1 amide bonds. The highest BCUT2D eigenvalue weighted by Gasteiger charge is 2.21. The van der Waals surface area contributed by atoms with Gasteiger partial charge in [0.05, 0.1) is 22.7 Å². The van der Waals surface area contributed by atoms with Gasteiger partial charge in [0.2, 0.25) is 0 Å². The molecule has 4 aromatic rings. The molecule has 0 bridgehead atoms. The third-order valence-corrected chi connectivity index (χ3v) is 6.06. The first-order chi connectivity index (χ1) is 13.5. The molecule has 0 atom stereocenters. The number of carbonyl (C=O) groups is 1. The SMILES string of the molecule is CCOc1ccccc1N(C)C(=O)c1cc2c(Cl)nc3ccc(C)cc3c2s1. The number of rotatable bonds is 4. The molecule has 2 aromatic carbocycles. The highest BCUT2D eigenvalue weighted by Crippen LogP contribution is 2.37. The molecule has 142 valence electrons. The van der Waals surface area contributed by atoms with Crippen molar-refractivity contribution in [1.29, 1.82) is 0 Å². The van der Waals surface area contributed by atoms with Crippen LogP contribution in [0.2, 0.25) is 5.15 Å². The van der Waals surface area contributed by atoms with E-state index in [1.807, 2.05) is 56.3 Å². The second-order valence-corrected chi connectivity index (χ2v) is 7.95. The lowest BCUT2D eigenvalue weighted by molar-refractivity contribution is 0.0996. The summed E-state index contributed by atoms with van der Waals surface area (Å²) in [6.07, 6.45) is 0. The van der Waals surface area contributed by atoms with Gasteiger partial charge in [0.25, 0.3) is 5.91 Å². The van der Waals surface area contributed by atoms with Gasteiger partial charge in [-0.3, -0.25) is 4.79 Å². The van der Waals surface area contributed by atoms with Crippen molar-refractivity contribution >= 4 is 55.5 Å². The normalized spacial score (nSPS) is 11.1. The molecule has 0 aliphatic heterocycles. The first-order valence-corrected chi connectivity index (χ1v) is 10.2. The molecule has 0 fully saturated rings. The Hall–Kier alpha value is -2.63. The number of nitrogens with zero attached hydrogens (tertiary/aromatic N) is 2. The van der Waals surface area contributed by atoms with Crippen LogP contribution in [0.25, 0.3) is 21.0 Å². The summed E-state index contributed by atoms with van der Waals surface area (Å²) in [6, 6.07) is 15.4. The van der Waals surface area contributed by atoms with Crippen LogP contribution in [0.4, 0.5) is 5.69 Å². The van der Waals surface area contributed by atoms with E-state index in [9.17, 15) is 4.79 Å². The number of benzene rings is 2. The van der Waals surface area contributed by atoms with E-state index in [0.29, 0.717) is 22.4 Å². The minimum Gasteiger partial charge on any atom is -0.492 e. The third kappa shape index (κ3) is 3.21. The number of aromatic nitrogens is 1. The molecule has 0 spiro atoms. The van der Waals surface area contributed by atoms with E-state index in [4.69, 9.17) is 16.3 Å². The second kappa shape index (κ2) is 7.41. The standard InChI is InChI=1S/C22H19ClN2O2S/c1-4-27-18-8-6-5-7-17(18)25(3)22(26)19-12-15-20(28-19)14-11-13(2)9-10-16(14)24-21(15)23/h5-12H,4H2,1-3H3. The Labute approximate surface area is 172 Å². The average molecular weight is 411 g/mol. The predicted molar refractivity (Wildman–Crippen MR) is 117 cm³/mol. The van der Waals surface area contributed by atoms with Crippen LogP contribution in [0, 0.1) is 6.92 Å². The largest absolute Gasteiger partial charge is 0.492 e. The number of carbonyl (C=O) groups excluding carboxylic acids is 1. The lowest BCUT2D eigenvalue weighted by Crippen LogP contribution is -2.25. The highest BCUT2D eigenvalue weighted by molar-refractivity contribution is 7.22. The number of para-hydroxylation sites is 2. The minimum absolute atomic E-state index is 0.106. The van der Waals surface area contributed by atoms with Crippen LogP contribution >= 0.6 is 22.9 Å². The smallest absolute Gasteiger partial charge is 0.268 e. The molecule has 2 aromatic heterocycles. The topological polar surface area (TPSA) is 42.4 Å². The molecular weight excluding hydrogens is 392 g/mol. The van der Waals surface area contributed by atoms with Crippen LogP contribution in [0.1, 0.15) is 22.2 Å². The Bertz CT molecular complexity index is 1200. The number of amides is 1. The number of pyridine rings is 1. The Morgan fingerprint density at radius 1 is 1.18 bits per heavy atom. The van der Waals surface area contributed by atoms with Gasteiger partial charge in [0.15, 0.2) is 0 Å². The Balaban J connectivity index is 1.81. The van der Waals surface area contributed by atoms with Gasteiger partial charge in [-0.25, -0.2) is 4.98 Å². The van der Waals surface area contributed by atoms with Crippen LogP contribution < -0.4 is 9.64 Å². The maximum absolute atomic E-state index is 13.2. The van der Waals surface area contributed by atoms with Gasteiger partial charge in [0, 0.05) is 22.5 Å². The van der Waals surface area contributed by atoms with Crippen molar-refractivity contribution in [2.24, 2.45) is 0 Å². The van der Waals surface area contributed by atoms with Gasteiger partial charge in [-0.05, 0) is 44.2 Å². The van der Waals surface area contributed by atoms with Gasteiger partial charge in [-0.2, -0.15) is 0 Å². The lowest BCUT2D eigenvalue weighted by Gasteiger charge is -2.19. The Morgan fingerprint density at radius 3 is 2.75 bits per heavy atom. The van der Waals surface area contributed by atoms with E-state index in [2.05, 4.69) is 11.1 Å². The summed E-state index contributed by atoms with van der Waals surface area (Å²) in [4.78, 5) is 19.9. The van der Waals surface area contributed by atoms with Crippen molar-refractivity contribution < 1.29 is 9.53 Å². The zero-order valence-corrected chi connectivity index (χ0v) is 17.4. The quantitative estimate of drug-likeness (QED) is 0.382. The molecule has 0 aliphatic carbocycles. The van der Waals surface area contributed by atoms with Gasteiger partial charge < -0.3 is 9.64 Å². The number of halogens is 1. The fraction of sp³-hybridized carbons (Fsp3) is 0.182. The van der Waals surface area contributed by atoms with Crippen LogP contribution in [0.15, 0.2) is 48.5 Å². The summed E-state index contributed by atoms with van der Waals surface area (Å²) >= 11 is 7.85. The Morgan fingerprint density at radius 2 is 1.96 bits per heavy atom. The molecule has 0 radical (unpaired) electrons. The van der Waals surface area contributed by atoms with Crippen LogP contribution in [0.3, 0.4) is 0 Å². The third-order valence-electron chi connectivity index (χ3n) is 4.61. The van der Waals surface area contributed by atoms with Gasteiger partial charge in [-0.1, -0.05) is 35.4 Å². The molecule has 0 unspecified atom stereocenters. The van der Waals surface area contributed by atoms with E-state index in [1.165, 1.54) is 11.3 Å². The first-order valence-electron chi connectivity index (χ1n) is 8.99. The molecule has 0 saturated carbocycles. The van der Waals surface area contributed by atoms with E-state index in [0.717, 1.165) is 32.2 Å². The van der Waals surface area contributed by atoms with Gasteiger partial charge >= 0.3 is 0 Å². The summed E-state index contributed by atoms with van der Waals surface area (Å²) in [5.74, 6) is 0.577. The van der Waals surface area contributed by atoms with E-state index in [-0.39, 0.29) is 5.91 Å². The highest BCUT2D eigenvalue weighted by atomic mass is 35.5. The molecule has 28 heavy (non-hydrogen) atoms. The van der Waals surface area contributed by atoms with Crippen molar-refractivity contribution in [2.45, 2.75) is 13.8 Å². The monoisotopic (exact) mass is 410 g/mol. The number of thiophene rings is 1. The summed E-state index contributed by atoms with van der Waals surface area (Å²) < 4.78 is 6.65. The van der Waals surface area contributed by atoms with Crippen LogP contribution in [-0.2, 0) is 0 Å². The molecule has 2 heterocycles. The number of fused-ring (bicyclic) bond motifs is 3. The summed E-state index contributed by atoms with van der Waals surface area (Å²) in [7, 11) is 1.76. The Kier molecular flexibility index (Phi) is 4.96. The van der Waals surface area contributed by atoms with E-state index >= 15 is 0 Å². The van der Waals surface area contributed by atoms with E-state index in [1.54, 1.807) is 11.9 Å². The first kappa shape index (κ1) is 18.7. The number of aryl methyl sites for hydroxylation is 1. The van der Waals surface area contributed by atoms with Crippen LogP contribution in [0.5, 0.6) is 5.75 Å². The summed E-state index contributed by atoms with van der Waals surface area (Å²) in [5, 5.41) is 2.24. The van der Waals surface area contributed by atoms with Crippen LogP contribution in [-0.4, -0.2) is 24.5 Å². The van der Waals surface area contributed by atoms with E-state index < -0.39 is 0 Å². The maximum atomic E-state index is 13.2. The predicted octanol–water partition coefficient (Wildman–Crippen LogP) is 6.09. The molecule has 0 N–H and O–H groups in total. The number of hydrogen-bond acceptors (Lipinski definition) is 4. The number of ether oxygens (including phenoxy) is 1. The molecule has 6 heteroatoms. The molecular formula is C22H19ClN2O2S. The van der Waals surface area contributed by atoms with Crippen molar-refractivity contribution in [1.82, 2.24) is 4.98 Å². The zero-order valence-electron chi connectivity index (χ0n) is 15.8. The van der Waals surface area contributed by atoms with Crippen molar-refractivity contribution in [3.8, 4) is 5.75 Å². The lowest BCUT2D eigenvalue weighted by atomic mass is 10.1. The molecule has 0 aliphatic rings. The van der Waals surface area contributed by atoms with Crippen molar-refractivity contribution in [3.63, 3.8) is 0 Å². The average Bonchev–Trinajstić information content (AvgIpc) is 3.15. The number of anilines is 1. The fourth-order valence-electron chi connectivity index (χ4n) is 3.23. The molecule has 4 rings (SSSR count). The maximum Gasteiger partial charge on any atom is 0.268 e. The van der Waals surface area contributed by atoms with Gasteiger partial charge in [-0.15, -0.1) is 11.3 Å². The van der Waals surface area contributed by atoms with Gasteiger partial charge in [0.1, 0.15) is 10.9 Å². The fourth-order valence-corrected chi connectivity index (χ4v) is 4.69. The summed E-state index contributed by atoms with van der Waals surface area (Å²) in [5.41, 5.74) is 2.71. The molecule has 4 nitrogen and oxygen atoms in total. The number of hydrogen-bond donors (Lipinski definition) is 0. The summed E-state index contributed by atoms with van der Waals surface area (Å²) in [6.45, 7) is 4.50. The van der Waals surface area contributed by atoms with Crippen molar-refractivity contribution in [3.05, 3.63) is 64.1 Å². The van der Waals surface area contributed by atoms with Crippen molar-refractivity contribution in [2.75, 3.05) is 18.6 Å². The minimum atomic E-state index is -0.106. The zero-order chi connectivity index (χ0) is 19.8. The second-order valence-electron chi connectivity index (χ2n) is 6.54.